The molecule has 0 fully saturated rings. The van der Waals surface area contributed by atoms with Crippen molar-refractivity contribution in [2.45, 2.75) is 26.4 Å². The van der Waals surface area contributed by atoms with E-state index in [1.165, 1.54) is 0 Å². The predicted molar refractivity (Wildman–Crippen MR) is 91.8 cm³/mol. The molecule has 0 unspecified atom stereocenters. The number of pyridine rings is 3. The second-order valence-electron chi connectivity index (χ2n) is 5.78. The number of hydrogen-bond donors (Lipinski definition) is 1. The van der Waals surface area contributed by atoms with Gasteiger partial charge in [0.1, 0.15) is 11.2 Å². The maximum atomic E-state index is 12.7. The normalized spacial score (nSPS) is 11.0. The Morgan fingerprint density at radius 3 is 2.67 bits per heavy atom. The van der Waals surface area contributed by atoms with Gasteiger partial charge in [0, 0.05) is 36.6 Å². The quantitative estimate of drug-likeness (QED) is 0.799. The Kier molecular flexibility index (Phi) is 4.37. The summed E-state index contributed by atoms with van der Waals surface area (Å²) in [7, 11) is 0. The van der Waals surface area contributed by atoms with Crippen molar-refractivity contribution in [1.29, 1.82) is 0 Å². The van der Waals surface area contributed by atoms with Crippen molar-refractivity contribution in [3.63, 3.8) is 0 Å². The SMILES string of the molecule is CC(C)n1c(=O)c(C(=O)NCc2ccncc2)cc2cccnc21. The Balaban J connectivity index is 1.98. The minimum absolute atomic E-state index is 0.0946. The first-order valence-corrected chi connectivity index (χ1v) is 7.75. The fourth-order valence-corrected chi connectivity index (χ4v) is 2.59. The Morgan fingerprint density at radius 2 is 1.96 bits per heavy atom. The van der Waals surface area contributed by atoms with E-state index >= 15 is 0 Å². The average Bonchev–Trinajstić information content (AvgIpc) is 2.59. The van der Waals surface area contributed by atoms with Crippen LogP contribution in [-0.4, -0.2) is 20.4 Å². The number of amides is 1. The lowest BCUT2D eigenvalue weighted by Gasteiger charge is -2.15. The summed E-state index contributed by atoms with van der Waals surface area (Å²) in [4.78, 5) is 33.4. The van der Waals surface area contributed by atoms with Crippen LogP contribution in [0.15, 0.2) is 53.7 Å². The summed E-state index contributed by atoms with van der Waals surface area (Å²) >= 11 is 0. The maximum absolute atomic E-state index is 12.7. The summed E-state index contributed by atoms with van der Waals surface area (Å²) in [5.41, 5.74) is 1.30. The first kappa shape index (κ1) is 15.9. The number of nitrogens with one attached hydrogen (secondary N) is 1. The molecule has 0 bridgehead atoms. The molecule has 0 saturated carbocycles. The lowest BCUT2D eigenvalue weighted by Crippen LogP contribution is -2.34. The highest BCUT2D eigenvalue weighted by molar-refractivity contribution is 5.96. The molecule has 6 heteroatoms. The van der Waals surface area contributed by atoms with E-state index in [9.17, 15) is 9.59 Å². The van der Waals surface area contributed by atoms with Crippen molar-refractivity contribution in [1.82, 2.24) is 19.9 Å². The summed E-state index contributed by atoms with van der Waals surface area (Å²) in [6.07, 6.45) is 4.97. The Hall–Kier alpha value is -3.02. The van der Waals surface area contributed by atoms with Crippen molar-refractivity contribution in [2.75, 3.05) is 0 Å². The minimum Gasteiger partial charge on any atom is -0.348 e. The van der Waals surface area contributed by atoms with Gasteiger partial charge in [-0.2, -0.15) is 0 Å². The van der Waals surface area contributed by atoms with Gasteiger partial charge in [0.15, 0.2) is 0 Å². The van der Waals surface area contributed by atoms with Gasteiger partial charge in [0.25, 0.3) is 11.5 Å². The summed E-state index contributed by atoms with van der Waals surface area (Å²) in [5, 5.41) is 3.55. The molecule has 0 aliphatic heterocycles. The number of carbonyl (C=O) groups excluding carboxylic acids is 1. The van der Waals surface area contributed by atoms with Crippen LogP contribution in [0.25, 0.3) is 11.0 Å². The van der Waals surface area contributed by atoms with E-state index in [-0.39, 0.29) is 17.2 Å². The van der Waals surface area contributed by atoms with E-state index in [2.05, 4.69) is 15.3 Å². The summed E-state index contributed by atoms with van der Waals surface area (Å²) in [5.74, 6) is -0.392. The smallest absolute Gasteiger partial charge is 0.265 e. The van der Waals surface area contributed by atoms with Gasteiger partial charge >= 0.3 is 0 Å². The highest BCUT2D eigenvalue weighted by Crippen LogP contribution is 2.15. The molecule has 1 amide bonds. The number of carbonyl (C=O) groups is 1. The van der Waals surface area contributed by atoms with E-state index in [0.717, 1.165) is 10.9 Å². The minimum atomic E-state index is -0.392. The lowest BCUT2D eigenvalue weighted by atomic mass is 10.1. The molecule has 1 N–H and O–H groups in total. The standard InChI is InChI=1S/C18H18N4O2/c1-12(2)22-16-14(4-3-7-20-16)10-15(18(22)24)17(23)21-11-13-5-8-19-9-6-13/h3-10,12H,11H2,1-2H3,(H,21,23). The molecule has 3 aromatic rings. The number of fused-ring (bicyclic) bond motifs is 1. The van der Waals surface area contributed by atoms with Crippen molar-refractivity contribution in [2.24, 2.45) is 0 Å². The Labute approximate surface area is 139 Å². The third kappa shape index (κ3) is 3.03. The Bertz CT molecular complexity index is 933. The second kappa shape index (κ2) is 6.62. The molecular weight excluding hydrogens is 304 g/mol. The number of hydrogen-bond acceptors (Lipinski definition) is 4. The van der Waals surface area contributed by atoms with Crippen molar-refractivity contribution >= 4 is 16.9 Å². The number of nitrogens with zero attached hydrogens (tertiary/aromatic N) is 3. The molecule has 0 spiro atoms. The molecule has 24 heavy (non-hydrogen) atoms. The van der Waals surface area contributed by atoms with Crippen LogP contribution < -0.4 is 10.9 Å². The molecule has 0 saturated heterocycles. The molecule has 3 heterocycles. The molecule has 0 atom stereocenters. The van der Waals surface area contributed by atoms with E-state index in [0.29, 0.717) is 12.2 Å². The van der Waals surface area contributed by atoms with Crippen molar-refractivity contribution in [3.05, 3.63) is 70.4 Å². The second-order valence-corrected chi connectivity index (χ2v) is 5.78. The van der Waals surface area contributed by atoms with Gasteiger partial charge < -0.3 is 5.32 Å². The van der Waals surface area contributed by atoms with E-state index in [1.807, 2.05) is 32.0 Å². The molecule has 0 radical (unpaired) electrons. The zero-order valence-corrected chi connectivity index (χ0v) is 13.6. The number of aromatic nitrogens is 3. The molecule has 3 aromatic heterocycles. The van der Waals surface area contributed by atoms with Gasteiger partial charge in [-0.1, -0.05) is 0 Å². The topological polar surface area (TPSA) is 76.9 Å². The predicted octanol–water partition coefficient (Wildman–Crippen LogP) is 2.30. The third-order valence-electron chi connectivity index (χ3n) is 3.76. The molecule has 3 rings (SSSR count). The highest BCUT2D eigenvalue weighted by atomic mass is 16.2. The fraction of sp³-hybridized carbons (Fsp3) is 0.222. The Morgan fingerprint density at radius 1 is 1.21 bits per heavy atom. The van der Waals surface area contributed by atoms with Gasteiger partial charge in [0.05, 0.1) is 0 Å². The van der Waals surface area contributed by atoms with Crippen LogP contribution in [0.5, 0.6) is 0 Å². The van der Waals surface area contributed by atoms with Crippen LogP contribution in [0.1, 0.15) is 35.8 Å². The van der Waals surface area contributed by atoms with Crippen LogP contribution in [0.3, 0.4) is 0 Å². The molecule has 122 valence electrons. The zero-order valence-electron chi connectivity index (χ0n) is 13.6. The van der Waals surface area contributed by atoms with E-state index in [1.54, 1.807) is 35.3 Å². The maximum Gasteiger partial charge on any atom is 0.265 e. The average molecular weight is 322 g/mol. The summed E-state index contributed by atoms with van der Waals surface area (Å²) < 4.78 is 1.55. The zero-order chi connectivity index (χ0) is 17.1. The summed E-state index contributed by atoms with van der Waals surface area (Å²) in [6.45, 7) is 4.13. The van der Waals surface area contributed by atoms with Crippen LogP contribution in [0.2, 0.25) is 0 Å². The van der Waals surface area contributed by atoms with Crippen LogP contribution in [-0.2, 0) is 6.54 Å². The van der Waals surface area contributed by atoms with Crippen LogP contribution in [0, 0.1) is 0 Å². The van der Waals surface area contributed by atoms with Gasteiger partial charge in [-0.25, -0.2) is 4.98 Å². The summed E-state index contributed by atoms with van der Waals surface area (Å²) in [6, 6.07) is 8.78. The first-order chi connectivity index (χ1) is 11.6. The third-order valence-corrected chi connectivity index (χ3v) is 3.76. The van der Waals surface area contributed by atoms with Gasteiger partial charge in [0.2, 0.25) is 0 Å². The van der Waals surface area contributed by atoms with Gasteiger partial charge in [-0.05, 0) is 49.7 Å². The van der Waals surface area contributed by atoms with Gasteiger partial charge in [-0.3, -0.25) is 19.1 Å². The molecule has 6 nitrogen and oxygen atoms in total. The largest absolute Gasteiger partial charge is 0.348 e. The first-order valence-electron chi connectivity index (χ1n) is 7.75. The monoisotopic (exact) mass is 322 g/mol. The molecule has 0 aromatic carbocycles. The van der Waals surface area contributed by atoms with E-state index < -0.39 is 5.91 Å². The van der Waals surface area contributed by atoms with Crippen LogP contribution in [0.4, 0.5) is 0 Å². The lowest BCUT2D eigenvalue weighted by molar-refractivity contribution is 0.0949. The molecule has 0 aliphatic rings. The van der Waals surface area contributed by atoms with Gasteiger partial charge in [-0.15, -0.1) is 0 Å². The number of rotatable bonds is 4. The highest BCUT2D eigenvalue weighted by Gasteiger charge is 2.17. The molecular formula is C18H18N4O2. The fourth-order valence-electron chi connectivity index (χ4n) is 2.59. The van der Waals surface area contributed by atoms with Crippen molar-refractivity contribution in [3.8, 4) is 0 Å². The van der Waals surface area contributed by atoms with Crippen LogP contribution >= 0.6 is 0 Å². The van der Waals surface area contributed by atoms with E-state index in [4.69, 9.17) is 0 Å². The van der Waals surface area contributed by atoms with Crippen molar-refractivity contribution < 1.29 is 4.79 Å². The molecule has 0 aliphatic carbocycles.